The third-order valence-corrected chi connectivity index (χ3v) is 6.06. The molecule has 150 valence electrons. The summed E-state index contributed by atoms with van der Waals surface area (Å²) in [6, 6.07) is 3.30. The number of anilines is 1. The molecule has 8 heteroatoms. The second kappa shape index (κ2) is 7.75. The number of halogens is 1. The number of piperazine rings is 1. The number of benzene rings is 1. The Hall–Kier alpha value is -2.06. The quantitative estimate of drug-likeness (QED) is 0.610. The lowest BCUT2D eigenvalue weighted by Gasteiger charge is -2.30. The van der Waals surface area contributed by atoms with Crippen molar-refractivity contribution >= 4 is 34.3 Å². The van der Waals surface area contributed by atoms with E-state index in [2.05, 4.69) is 5.32 Å². The summed E-state index contributed by atoms with van der Waals surface area (Å²) in [5.74, 6) is -1.07. The molecule has 1 N–H and O–H groups in total. The first-order chi connectivity index (χ1) is 13.6. The van der Waals surface area contributed by atoms with Crippen LogP contribution in [0.1, 0.15) is 36.2 Å². The van der Waals surface area contributed by atoms with Crippen LogP contribution in [0, 0.1) is 5.82 Å². The maximum atomic E-state index is 15.0. The van der Waals surface area contributed by atoms with Crippen LogP contribution < -0.4 is 15.6 Å². The zero-order valence-corrected chi connectivity index (χ0v) is 16.9. The van der Waals surface area contributed by atoms with Crippen molar-refractivity contribution in [2.75, 3.05) is 43.9 Å². The highest BCUT2D eigenvalue weighted by molar-refractivity contribution is 7.98. The molecule has 1 saturated carbocycles. The molecule has 1 aliphatic heterocycles. The van der Waals surface area contributed by atoms with E-state index in [1.54, 1.807) is 13.0 Å². The number of thioether (sulfide) groups is 1. The number of aromatic nitrogens is 1. The van der Waals surface area contributed by atoms with Gasteiger partial charge < -0.3 is 19.5 Å². The van der Waals surface area contributed by atoms with Crippen LogP contribution in [0.5, 0.6) is 0 Å². The second-order valence-electron chi connectivity index (χ2n) is 7.09. The summed E-state index contributed by atoms with van der Waals surface area (Å²) in [4.78, 5) is 27.7. The molecule has 6 nitrogen and oxygen atoms in total. The van der Waals surface area contributed by atoms with Crippen LogP contribution in [-0.2, 0) is 4.74 Å². The SMILES string of the molecule is CCOC(=O)c1c(SC)n(C2CC2)c2cc(N3CCNCC3)c(F)cc2c1=O. The lowest BCUT2D eigenvalue weighted by Crippen LogP contribution is -2.44. The van der Waals surface area contributed by atoms with Gasteiger partial charge in [0.1, 0.15) is 11.4 Å². The molecule has 0 spiro atoms. The van der Waals surface area contributed by atoms with Gasteiger partial charge in [0.2, 0.25) is 5.43 Å². The van der Waals surface area contributed by atoms with Gasteiger partial charge in [-0.05, 0) is 38.2 Å². The van der Waals surface area contributed by atoms with E-state index in [-0.39, 0.29) is 23.6 Å². The molecular formula is C20H24FN3O3S. The lowest BCUT2D eigenvalue weighted by molar-refractivity contribution is 0.0519. The molecule has 0 unspecified atom stereocenters. The van der Waals surface area contributed by atoms with E-state index in [4.69, 9.17) is 4.74 Å². The molecule has 2 aliphatic rings. The Balaban J connectivity index is 1.98. The molecule has 0 amide bonds. The Labute approximate surface area is 167 Å². The Kier molecular flexibility index (Phi) is 5.33. The van der Waals surface area contributed by atoms with E-state index in [1.807, 2.05) is 15.7 Å². The van der Waals surface area contributed by atoms with Crippen molar-refractivity contribution in [1.29, 1.82) is 0 Å². The Morgan fingerprint density at radius 3 is 2.64 bits per heavy atom. The molecule has 1 aromatic heterocycles. The van der Waals surface area contributed by atoms with Crippen LogP contribution >= 0.6 is 11.8 Å². The summed E-state index contributed by atoms with van der Waals surface area (Å²) in [6.45, 7) is 4.91. The molecule has 1 aromatic carbocycles. The van der Waals surface area contributed by atoms with Crippen molar-refractivity contribution < 1.29 is 13.9 Å². The molecule has 1 aliphatic carbocycles. The summed E-state index contributed by atoms with van der Waals surface area (Å²) in [7, 11) is 0. The highest BCUT2D eigenvalue weighted by atomic mass is 32.2. The first-order valence-corrected chi connectivity index (χ1v) is 10.9. The standard InChI is InChI=1S/C20H24FN3O3S/c1-3-27-20(26)17-18(25)13-10-14(21)16(23-8-6-22-7-9-23)11-15(13)24(12-4-5-12)19(17)28-2/h10-12,22H,3-9H2,1-2H3. The van der Waals surface area contributed by atoms with Crippen molar-refractivity contribution in [2.45, 2.75) is 30.8 Å². The molecule has 2 heterocycles. The molecule has 2 fully saturated rings. The van der Waals surface area contributed by atoms with E-state index >= 15 is 0 Å². The largest absolute Gasteiger partial charge is 0.462 e. The van der Waals surface area contributed by atoms with Gasteiger partial charge in [-0.25, -0.2) is 9.18 Å². The van der Waals surface area contributed by atoms with Gasteiger partial charge in [0.05, 0.1) is 22.8 Å². The third-order valence-electron chi connectivity index (χ3n) is 5.27. The van der Waals surface area contributed by atoms with Gasteiger partial charge in [0.15, 0.2) is 0 Å². The number of ether oxygens (including phenoxy) is 1. The molecule has 0 radical (unpaired) electrons. The second-order valence-corrected chi connectivity index (χ2v) is 7.89. The van der Waals surface area contributed by atoms with Gasteiger partial charge in [-0.2, -0.15) is 0 Å². The lowest BCUT2D eigenvalue weighted by atomic mass is 10.1. The van der Waals surface area contributed by atoms with Crippen LogP contribution in [-0.4, -0.2) is 49.6 Å². The van der Waals surface area contributed by atoms with E-state index < -0.39 is 17.2 Å². The van der Waals surface area contributed by atoms with Crippen molar-refractivity contribution in [3.05, 3.63) is 33.7 Å². The molecule has 4 rings (SSSR count). The van der Waals surface area contributed by atoms with Gasteiger partial charge in [0.25, 0.3) is 0 Å². The number of esters is 1. The minimum absolute atomic E-state index is 0.0167. The summed E-state index contributed by atoms with van der Waals surface area (Å²) in [5.41, 5.74) is 0.766. The van der Waals surface area contributed by atoms with E-state index in [1.165, 1.54) is 17.8 Å². The van der Waals surface area contributed by atoms with Gasteiger partial charge >= 0.3 is 5.97 Å². The van der Waals surface area contributed by atoms with Crippen LogP contribution in [0.25, 0.3) is 10.9 Å². The van der Waals surface area contributed by atoms with Gasteiger partial charge in [-0.15, -0.1) is 11.8 Å². The highest BCUT2D eigenvalue weighted by Gasteiger charge is 2.32. The van der Waals surface area contributed by atoms with Crippen LogP contribution in [0.2, 0.25) is 0 Å². The topological polar surface area (TPSA) is 63.6 Å². The van der Waals surface area contributed by atoms with Crippen LogP contribution in [0.4, 0.5) is 10.1 Å². The zero-order chi connectivity index (χ0) is 19.8. The molecule has 28 heavy (non-hydrogen) atoms. The number of carbonyl (C=O) groups excluding carboxylic acids is 1. The first-order valence-electron chi connectivity index (χ1n) is 9.65. The van der Waals surface area contributed by atoms with E-state index in [0.717, 1.165) is 25.9 Å². The Bertz CT molecular complexity index is 981. The van der Waals surface area contributed by atoms with E-state index in [9.17, 15) is 14.0 Å². The average molecular weight is 405 g/mol. The fourth-order valence-electron chi connectivity index (χ4n) is 3.82. The van der Waals surface area contributed by atoms with Crippen molar-refractivity contribution in [1.82, 2.24) is 9.88 Å². The molecule has 0 atom stereocenters. The normalized spacial score (nSPS) is 17.2. The monoisotopic (exact) mass is 405 g/mol. The first kappa shape index (κ1) is 19.3. The number of pyridine rings is 1. The van der Waals surface area contributed by atoms with Crippen LogP contribution in [0.15, 0.2) is 22.0 Å². The Morgan fingerprint density at radius 1 is 1.32 bits per heavy atom. The Morgan fingerprint density at radius 2 is 2.04 bits per heavy atom. The summed E-state index contributed by atoms with van der Waals surface area (Å²) >= 11 is 1.36. The predicted molar refractivity (Wildman–Crippen MR) is 109 cm³/mol. The van der Waals surface area contributed by atoms with E-state index in [0.29, 0.717) is 29.3 Å². The summed E-state index contributed by atoms with van der Waals surface area (Å²) in [5, 5.41) is 4.11. The van der Waals surface area contributed by atoms with Gasteiger partial charge in [-0.1, -0.05) is 0 Å². The molecule has 2 aromatic rings. The predicted octanol–water partition coefficient (Wildman–Crippen LogP) is 2.78. The van der Waals surface area contributed by atoms with Crippen LogP contribution in [0.3, 0.4) is 0 Å². The number of nitrogens with zero attached hydrogens (tertiary/aromatic N) is 2. The fourth-order valence-corrected chi connectivity index (χ4v) is 4.64. The van der Waals surface area contributed by atoms with Crippen molar-refractivity contribution in [3.63, 3.8) is 0 Å². The van der Waals surface area contributed by atoms with Crippen molar-refractivity contribution in [3.8, 4) is 0 Å². The van der Waals surface area contributed by atoms with Crippen molar-refractivity contribution in [2.24, 2.45) is 0 Å². The van der Waals surface area contributed by atoms with Gasteiger partial charge in [0, 0.05) is 37.6 Å². The van der Waals surface area contributed by atoms with Gasteiger partial charge in [-0.3, -0.25) is 4.79 Å². The third kappa shape index (κ3) is 3.28. The number of rotatable bonds is 5. The number of nitrogens with one attached hydrogen (secondary N) is 1. The number of carbonyl (C=O) groups is 1. The number of hydrogen-bond acceptors (Lipinski definition) is 6. The maximum Gasteiger partial charge on any atom is 0.344 e. The molecule has 0 bridgehead atoms. The average Bonchev–Trinajstić information content (AvgIpc) is 3.53. The maximum absolute atomic E-state index is 15.0. The zero-order valence-electron chi connectivity index (χ0n) is 16.1. The summed E-state index contributed by atoms with van der Waals surface area (Å²) in [6.07, 6.45) is 3.81. The number of fused-ring (bicyclic) bond motifs is 1. The summed E-state index contributed by atoms with van der Waals surface area (Å²) < 4.78 is 22.1. The smallest absolute Gasteiger partial charge is 0.344 e. The number of hydrogen-bond donors (Lipinski definition) is 1. The minimum Gasteiger partial charge on any atom is -0.462 e. The highest BCUT2D eigenvalue weighted by Crippen LogP contribution is 2.42. The minimum atomic E-state index is -0.639. The molecular weight excluding hydrogens is 381 g/mol. The fraction of sp³-hybridized carbons (Fsp3) is 0.500. The molecule has 1 saturated heterocycles.